The maximum Gasteiger partial charge on any atom is 0.309 e. The third kappa shape index (κ3) is 4.63. The van der Waals surface area contributed by atoms with E-state index in [0.717, 1.165) is 11.4 Å². The summed E-state index contributed by atoms with van der Waals surface area (Å²) in [5.41, 5.74) is 6.04. The van der Waals surface area contributed by atoms with Crippen molar-refractivity contribution in [1.29, 1.82) is 0 Å². The Balaban J connectivity index is 1.90. The molecular formula is C17H26N2O3. The van der Waals surface area contributed by atoms with E-state index in [1.54, 1.807) is 0 Å². The fourth-order valence-corrected chi connectivity index (χ4v) is 2.69. The van der Waals surface area contributed by atoms with Gasteiger partial charge in [-0.1, -0.05) is 0 Å². The molecule has 1 saturated heterocycles. The van der Waals surface area contributed by atoms with Crippen LogP contribution in [0.25, 0.3) is 0 Å². The molecule has 0 saturated carbocycles. The van der Waals surface area contributed by atoms with Crippen LogP contribution >= 0.6 is 0 Å². The first-order valence-electron chi connectivity index (χ1n) is 7.72. The van der Waals surface area contributed by atoms with Gasteiger partial charge in [0.15, 0.2) is 0 Å². The number of nitrogen functional groups attached to an aromatic ring is 1. The molecule has 1 aromatic rings. The number of piperidine rings is 1. The van der Waals surface area contributed by atoms with E-state index in [2.05, 4.69) is 4.90 Å². The second-order valence-electron chi connectivity index (χ2n) is 7.07. The van der Waals surface area contributed by atoms with Crippen LogP contribution in [0.5, 0.6) is 0 Å². The summed E-state index contributed by atoms with van der Waals surface area (Å²) in [4.78, 5) is 14.1. The third-order valence-corrected chi connectivity index (χ3v) is 3.85. The van der Waals surface area contributed by atoms with Crippen molar-refractivity contribution in [3.63, 3.8) is 0 Å². The Hall–Kier alpha value is -1.75. The van der Waals surface area contributed by atoms with Gasteiger partial charge in [-0.25, -0.2) is 0 Å². The summed E-state index contributed by atoms with van der Waals surface area (Å²) in [7, 11) is 0. The molecule has 1 aliphatic rings. The summed E-state index contributed by atoms with van der Waals surface area (Å²) >= 11 is 0. The quantitative estimate of drug-likeness (QED) is 0.662. The van der Waals surface area contributed by atoms with Crippen LogP contribution < -0.4 is 10.6 Å². The smallest absolute Gasteiger partial charge is 0.309 e. The molecule has 2 rings (SSSR count). The highest BCUT2D eigenvalue weighted by molar-refractivity contribution is 5.71. The fraction of sp³-hybridized carbons (Fsp3) is 0.588. The largest absolute Gasteiger partial charge is 0.460 e. The third-order valence-electron chi connectivity index (χ3n) is 3.85. The molecule has 122 valence electrons. The number of ether oxygens (including phenoxy) is 1. The summed E-state index contributed by atoms with van der Waals surface area (Å²) in [6.07, 6.45) is 1.16. The van der Waals surface area contributed by atoms with Crippen molar-refractivity contribution in [2.24, 2.45) is 0 Å². The zero-order valence-electron chi connectivity index (χ0n) is 13.6. The number of carbonyl (C=O) groups is 1. The Kier molecular flexibility index (Phi) is 4.66. The van der Waals surface area contributed by atoms with Gasteiger partial charge in [-0.3, -0.25) is 4.79 Å². The van der Waals surface area contributed by atoms with E-state index in [-0.39, 0.29) is 12.4 Å². The van der Waals surface area contributed by atoms with Crippen LogP contribution in [0.3, 0.4) is 0 Å². The van der Waals surface area contributed by atoms with E-state index in [4.69, 9.17) is 10.5 Å². The Morgan fingerprint density at radius 1 is 1.27 bits per heavy atom. The molecule has 0 amide bonds. The second kappa shape index (κ2) is 6.16. The van der Waals surface area contributed by atoms with Gasteiger partial charge in [0.25, 0.3) is 0 Å². The van der Waals surface area contributed by atoms with Crippen molar-refractivity contribution < 1.29 is 14.6 Å². The average molecular weight is 306 g/mol. The summed E-state index contributed by atoms with van der Waals surface area (Å²) in [5, 5.41) is 10.6. The van der Waals surface area contributed by atoms with Crippen LogP contribution in [0.1, 0.15) is 40.0 Å². The Morgan fingerprint density at radius 2 is 1.82 bits per heavy atom. The predicted octanol–water partition coefficient (Wildman–Crippen LogP) is 2.33. The number of anilines is 2. The highest BCUT2D eigenvalue weighted by Gasteiger charge is 2.36. The standard InChI is InChI=1S/C17H26N2O3/c1-16(2,3)22-15(20)12-17(21)8-10-19(11-9-17)14-6-4-13(18)5-7-14/h4-7,21H,8-12,18H2,1-3H3. The van der Waals surface area contributed by atoms with Crippen molar-refractivity contribution in [2.45, 2.75) is 51.2 Å². The second-order valence-corrected chi connectivity index (χ2v) is 7.07. The van der Waals surface area contributed by atoms with Crippen molar-refractivity contribution in [2.75, 3.05) is 23.7 Å². The number of benzene rings is 1. The van der Waals surface area contributed by atoms with Gasteiger partial charge in [0.2, 0.25) is 0 Å². The maximum absolute atomic E-state index is 11.9. The fourth-order valence-electron chi connectivity index (χ4n) is 2.69. The first-order valence-corrected chi connectivity index (χ1v) is 7.72. The van der Waals surface area contributed by atoms with Crippen molar-refractivity contribution in [3.8, 4) is 0 Å². The molecule has 1 fully saturated rings. The van der Waals surface area contributed by atoms with Crippen LogP contribution in [0.2, 0.25) is 0 Å². The number of rotatable bonds is 3. The van der Waals surface area contributed by atoms with Gasteiger partial charge in [0.1, 0.15) is 5.60 Å². The molecule has 0 unspecified atom stereocenters. The number of nitrogens with two attached hydrogens (primary N) is 1. The Morgan fingerprint density at radius 3 is 2.32 bits per heavy atom. The van der Waals surface area contributed by atoms with E-state index in [1.165, 1.54) is 0 Å². The molecule has 0 aliphatic carbocycles. The van der Waals surface area contributed by atoms with Crippen LogP contribution in [0.4, 0.5) is 11.4 Å². The van der Waals surface area contributed by atoms with Gasteiger partial charge < -0.3 is 20.5 Å². The van der Waals surface area contributed by atoms with Crippen LogP contribution in [-0.4, -0.2) is 35.4 Å². The summed E-state index contributed by atoms with van der Waals surface area (Å²) < 4.78 is 5.30. The molecular weight excluding hydrogens is 280 g/mol. The average Bonchev–Trinajstić information content (AvgIpc) is 2.38. The molecule has 0 atom stereocenters. The number of hydrogen-bond donors (Lipinski definition) is 2. The first-order chi connectivity index (χ1) is 10.2. The SMILES string of the molecule is CC(C)(C)OC(=O)CC1(O)CCN(c2ccc(N)cc2)CC1. The Labute approximate surface area is 132 Å². The van der Waals surface area contributed by atoms with Gasteiger partial charge in [-0.2, -0.15) is 0 Å². The van der Waals surface area contributed by atoms with Crippen LogP contribution in [0, 0.1) is 0 Å². The molecule has 5 heteroatoms. The number of nitrogens with zero attached hydrogens (tertiary/aromatic N) is 1. The van der Waals surface area contributed by atoms with E-state index >= 15 is 0 Å². The molecule has 1 aromatic carbocycles. The minimum absolute atomic E-state index is 0.0554. The molecule has 0 bridgehead atoms. The molecule has 1 heterocycles. The highest BCUT2D eigenvalue weighted by atomic mass is 16.6. The van der Waals surface area contributed by atoms with Crippen molar-refractivity contribution in [1.82, 2.24) is 0 Å². The first kappa shape index (κ1) is 16.6. The van der Waals surface area contributed by atoms with E-state index in [1.807, 2.05) is 45.0 Å². The lowest BCUT2D eigenvalue weighted by molar-refractivity contribution is -0.161. The predicted molar refractivity (Wildman–Crippen MR) is 87.7 cm³/mol. The monoisotopic (exact) mass is 306 g/mol. The normalized spacial score (nSPS) is 18.1. The zero-order chi connectivity index (χ0) is 16.4. The van der Waals surface area contributed by atoms with Gasteiger partial charge in [-0.05, 0) is 57.9 Å². The lowest BCUT2D eigenvalue weighted by Gasteiger charge is -2.39. The number of aliphatic hydroxyl groups is 1. The minimum Gasteiger partial charge on any atom is -0.460 e. The molecule has 0 radical (unpaired) electrons. The molecule has 1 aliphatic heterocycles. The van der Waals surface area contributed by atoms with Gasteiger partial charge in [0, 0.05) is 24.5 Å². The summed E-state index contributed by atoms with van der Waals surface area (Å²) in [6, 6.07) is 7.70. The molecule has 3 N–H and O–H groups in total. The Bertz CT molecular complexity index is 512. The lowest BCUT2D eigenvalue weighted by atomic mass is 9.88. The number of esters is 1. The van der Waals surface area contributed by atoms with Crippen molar-refractivity contribution in [3.05, 3.63) is 24.3 Å². The zero-order valence-corrected chi connectivity index (χ0v) is 13.6. The maximum atomic E-state index is 11.9. The molecule has 5 nitrogen and oxygen atoms in total. The van der Waals surface area contributed by atoms with E-state index in [9.17, 15) is 9.90 Å². The van der Waals surface area contributed by atoms with E-state index in [0.29, 0.717) is 25.9 Å². The van der Waals surface area contributed by atoms with Crippen LogP contribution in [0.15, 0.2) is 24.3 Å². The van der Waals surface area contributed by atoms with Crippen LogP contribution in [-0.2, 0) is 9.53 Å². The van der Waals surface area contributed by atoms with Gasteiger partial charge in [-0.15, -0.1) is 0 Å². The number of carbonyl (C=O) groups excluding carboxylic acids is 1. The topological polar surface area (TPSA) is 75.8 Å². The molecule has 0 spiro atoms. The van der Waals surface area contributed by atoms with Gasteiger partial charge in [0.05, 0.1) is 12.0 Å². The lowest BCUT2D eigenvalue weighted by Crippen LogP contribution is -2.46. The molecule has 0 aromatic heterocycles. The highest BCUT2D eigenvalue weighted by Crippen LogP contribution is 2.30. The van der Waals surface area contributed by atoms with Crippen molar-refractivity contribution >= 4 is 17.3 Å². The minimum atomic E-state index is -0.966. The molecule has 22 heavy (non-hydrogen) atoms. The van der Waals surface area contributed by atoms with E-state index < -0.39 is 11.2 Å². The number of hydrogen-bond acceptors (Lipinski definition) is 5. The summed E-state index contributed by atoms with van der Waals surface area (Å²) in [5.74, 6) is -0.337. The van der Waals surface area contributed by atoms with Gasteiger partial charge >= 0.3 is 5.97 Å². The summed E-state index contributed by atoms with van der Waals surface area (Å²) in [6.45, 7) is 6.92.